The van der Waals surface area contributed by atoms with Gasteiger partial charge in [-0.25, -0.2) is 15.0 Å². The van der Waals surface area contributed by atoms with Crippen LogP contribution in [0.3, 0.4) is 0 Å². The highest BCUT2D eigenvalue weighted by Gasteiger charge is 2.21. The fourth-order valence-electron chi connectivity index (χ4n) is 19.0. The third kappa shape index (κ3) is 20.4. The first-order valence-corrected chi connectivity index (χ1v) is 49.0. The van der Waals surface area contributed by atoms with Crippen LogP contribution in [0.25, 0.3) is 246 Å². The summed E-state index contributed by atoms with van der Waals surface area (Å²) in [6, 6.07) is 184. The van der Waals surface area contributed by atoms with Gasteiger partial charge in [0.2, 0.25) is 0 Å². The summed E-state index contributed by atoms with van der Waals surface area (Å²) in [5, 5.41) is 4.87. The van der Waals surface area contributed by atoms with Gasteiger partial charge in [0.15, 0.2) is 0 Å². The van der Waals surface area contributed by atoms with Crippen molar-refractivity contribution in [2.24, 2.45) is 0 Å². The van der Waals surface area contributed by atoms with Crippen molar-refractivity contribution in [1.82, 2.24) is 44.9 Å². The van der Waals surface area contributed by atoms with Crippen molar-refractivity contribution < 1.29 is 0 Å². The van der Waals surface area contributed by atoms with E-state index in [0.717, 1.165) is 213 Å². The molecule has 146 heavy (non-hydrogen) atoms. The molecule has 0 atom stereocenters. The summed E-state index contributed by atoms with van der Waals surface area (Å²) in [6.07, 6.45) is 11.2. The van der Waals surface area contributed by atoms with Crippen molar-refractivity contribution >= 4 is 21.5 Å². The van der Waals surface area contributed by atoms with Crippen LogP contribution in [-0.2, 0) is 0 Å². The van der Waals surface area contributed by atoms with Crippen LogP contribution >= 0.6 is 0 Å². The van der Waals surface area contributed by atoms with Gasteiger partial charge in [-0.1, -0.05) is 370 Å². The second kappa shape index (κ2) is 42.2. The lowest BCUT2D eigenvalue weighted by atomic mass is 9.90. The van der Waals surface area contributed by atoms with Gasteiger partial charge in [-0.05, 0) is 263 Å². The predicted molar refractivity (Wildman–Crippen MR) is 603 cm³/mol. The zero-order chi connectivity index (χ0) is 97.5. The van der Waals surface area contributed by atoms with E-state index in [1.54, 1.807) is 0 Å². The minimum Gasteiger partial charge on any atom is -0.256 e. The highest BCUT2D eigenvalue weighted by atomic mass is 14.7. The number of nitrogens with zero attached hydrogens (tertiary/aromatic N) is 9. The summed E-state index contributed by atoms with van der Waals surface area (Å²) in [5.74, 6) is 0. The second-order valence-electron chi connectivity index (χ2n) is 36.0. The fourth-order valence-corrected chi connectivity index (χ4v) is 19.0. The quantitative estimate of drug-likeness (QED) is 0.0735. The smallest absolute Gasteiger partial charge is 0.0716 e. The Labute approximate surface area is 849 Å². The zero-order valence-electron chi connectivity index (χ0n) is 79.7. The maximum atomic E-state index is 5.44. The molecule has 0 aliphatic carbocycles. The highest BCUT2D eigenvalue weighted by molar-refractivity contribution is 6.02. The summed E-state index contributed by atoms with van der Waals surface area (Å²) in [6.45, 7) is 0. The van der Waals surface area contributed by atoms with Gasteiger partial charge in [-0.2, -0.15) is 0 Å². The molecule has 0 radical (unpaired) electrons. The van der Waals surface area contributed by atoms with Crippen molar-refractivity contribution in [1.29, 1.82) is 0 Å². The Bertz CT molecular complexity index is 8460. The van der Waals surface area contributed by atoms with Crippen molar-refractivity contribution in [3.05, 3.63) is 565 Å². The first kappa shape index (κ1) is 90.2. The Kier molecular flexibility index (Phi) is 26.1. The molecule has 0 saturated heterocycles. The SMILES string of the molecule is c1ccc(-c2ccc(-c3cc(-c4cc(-c5ccccc5)nc(-c5ccccc5)c4)cc(-c4ccccn4)c3)nc2)cc1.c1ccc(-c2ccc(-c3cc(-c4ccc(-c5ccccn5)cc4)nc(-c4cc(-c5cccc6ccccc56)cc(-c5cccc6ccccc56)c4)c3)cc2)nc1.c1ccc(-c2ccnc(-c3cc(-c4cc(-c5ccccc5)nc(-c5ccccc5)c4)cc(-c4cc(-c5ccccc5)ccn4)c3)c2)cc1. The average Bonchev–Trinajstić information content (AvgIpc) is 0.764. The van der Waals surface area contributed by atoms with Gasteiger partial charge in [-0.15, -0.1) is 0 Å². The molecular formula is C137H93N9. The summed E-state index contributed by atoms with van der Waals surface area (Å²) in [4.78, 5) is 44.1. The third-order valence-electron chi connectivity index (χ3n) is 26.5. The molecule has 0 spiro atoms. The van der Waals surface area contributed by atoms with Gasteiger partial charge in [0.1, 0.15) is 0 Å². The maximum absolute atomic E-state index is 5.44. The van der Waals surface area contributed by atoms with Crippen LogP contribution < -0.4 is 0 Å². The molecule has 0 aliphatic rings. The van der Waals surface area contributed by atoms with Gasteiger partial charge >= 0.3 is 0 Å². The number of rotatable bonds is 20. The van der Waals surface area contributed by atoms with Crippen LogP contribution in [0.4, 0.5) is 0 Å². The summed E-state index contributed by atoms with van der Waals surface area (Å²) >= 11 is 0. The Hall–Kier alpha value is -19.6. The molecule has 0 saturated carbocycles. The first-order chi connectivity index (χ1) is 72.3. The van der Waals surface area contributed by atoms with E-state index in [0.29, 0.717) is 0 Å². The Morgan fingerprint density at radius 3 is 0.685 bits per heavy atom. The molecule has 9 heteroatoms. The molecule has 686 valence electrons. The number of aromatic nitrogens is 9. The predicted octanol–water partition coefficient (Wildman–Crippen LogP) is 35.3. The molecule has 0 amide bonds. The highest BCUT2D eigenvalue weighted by Crippen LogP contribution is 2.44. The Balaban J connectivity index is 0.000000122. The van der Waals surface area contributed by atoms with Crippen molar-refractivity contribution in [3.8, 4) is 224 Å². The van der Waals surface area contributed by atoms with Gasteiger partial charge in [0.25, 0.3) is 0 Å². The van der Waals surface area contributed by atoms with E-state index in [-0.39, 0.29) is 0 Å². The van der Waals surface area contributed by atoms with Crippen molar-refractivity contribution in [2.45, 2.75) is 0 Å². The number of pyridine rings is 9. The fraction of sp³-hybridized carbons (Fsp3) is 0. The number of fused-ring (bicyclic) bond motifs is 2. The molecular weight excluding hydrogens is 1770 g/mol. The number of hydrogen-bond donors (Lipinski definition) is 0. The molecule has 9 aromatic heterocycles. The van der Waals surface area contributed by atoms with Gasteiger partial charge in [0.05, 0.1) is 68.3 Å². The normalized spacial score (nSPS) is 11.0. The van der Waals surface area contributed by atoms with E-state index >= 15 is 0 Å². The van der Waals surface area contributed by atoms with Crippen LogP contribution in [0.2, 0.25) is 0 Å². The van der Waals surface area contributed by atoms with Crippen molar-refractivity contribution in [2.75, 3.05) is 0 Å². The van der Waals surface area contributed by atoms with Crippen LogP contribution in [0, 0.1) is 0 Å². The minimum atomic E-state index is 0.902. The molecule has 16 aromatic carbocycles. The molecule has 9 heterocycles. The van der Waals surface area contributed by atoms with Crippen LogP contribution in [0.15, 0.2) is 565 Å². The Morgan fingerprint density at radius 1 is 0.103 bits per heavy atom. The first-order valence-electron chi connectivity index (χ1n) is 49.0. The molecule has 25 aromatic rings. The van der Waals surface area contributed by atoms with Gasteiger partial charge < -0.3 is 0 Å². The van der Waals surface area contributed by atoms with E-state index in [1.165, 1.54) is 32.7 Å². The van der Waals surface area contributed by atoms with E-state index in [4.69, 9.17) is 29.9 Å². The van der Waals surface area contributed by atoms with E-state index < -0.39 is 0 Å². The van der Waals surface area contributed by atoms with E-state index in [2.05, 4.69) is 434 Å². The lowest BCUT2D eigenvalue weighted by molar-refractivity contribution is 1.30. The molecule has 0 N–H and O–H groups in total. The molecule has 9 nitrogen and oxygen atoms in total. The standard InChI is InChI=1S/C53H35N3.C45H31N3.C39H27N3/c1-3-15-46-37(11-1)13-9-17-48(46)43-31-44(49-18-10-14-38-12-2-4-16-47(38)49)33-45(32-43)53-35-42(36-21-23-39(24-22-36)50-19-5-7-29-54-50)34-52(56-53)41-27-25-40(26-28-41)51-20-6-8-30-55-51;1-5-13-32(14-6-1)36-21-23-46-42(28-36)40-25-38(26-41(27-40)43-29-37(22-24-47-43)33-15-7-2-8-16-33)39-30-44(34-17-9-3-10-18-34)48-45(31-39)35-19-11-4-12-20-35;1-4-12-28(13-5-1)31-19-20-37(41-27-31)35-23-32(22-34(24-35)36-18-10-11-21-40-36)33-25-38(29-14-6-2-7-15-29)42-39(26-33)30-16-8-3-9-17-30/h1-35H;1-31H;1-27H. The molecule has 0 bridgehead atoms. The molecule has 0 aliphatic heterocycles. The van der Waals surface area contributed by atoms with Crippen molar-refractivity contribution in [3.63, 3.8) is 0 Å². The Morgan fingerprint density at radius 2 is 0.329 bits per heavy atom. The summed E-state index contributed by atoms with van der Waals surface area (Å²) in [7, 11) is 0. The monoisotopic (exact) mass is 1860 g/mol. The maximum Gasteiger partial charge on any atom is 0.0716 e. The molecule has 0 unspecified atom stereocenters. The van der Waals surface area contributed by atoms with Crippen LogP contribution in [0.5, 0.6) is 0 Å². The molecule has 0 fully saturated rings. The number of benzene rings is 16. The van der Waals surface area contributed by atoms with E-state index in [1.807, 2.05) is 146 Å². The average molecular weight is 1870 g/mol. The van der Waals surface area contributed by atoms with E-state index in [9.17, 15) is 0 Å². The summed E-state index contributed by atoms with van der Waals surface area (Å²) in [5.41, 5.74) is 41.7. The zero-order valence-corrected chi connectivity index (χ0v) is 79.7. The third-order valence-corrected chi connectivity index (χ3v) is 26.5. The van der Waals surface area contributed by atoms with Gasteiger partial charge in [0, 0.05) is 110 Å². The number of hydrogen-bond acceptors (Lipinski definition) is 9. The minimum absolute atomic E-state index is 0.902. The topological polar surface area (TPSA) is 116 Å². The lowest BCUT2D eigenvalue weighted by Crippen LogP contribution is -1.94. The van der Waals surface area contributed by atoms with Gasteiger partial charge in [-0.3, -0.25) is 29.9 Å². The lowest BCUT2D eigenvalue weighted by Gasteiger charge is -2.16. The van der Waals surface area contributed by atoms with Crippen LogP contribution in [0.1, 0.15) is 0 Å². The molecule has 25 rings (SSSR count). The van der Waals surface area contributed by atoms with Crippen LogP contribution in [-0.4, -0.2) is 44.9 Å². The summed E-state index contributed by atoms with van der Waals surface area (Å²) < 4.78 is 0. The second-order valence-corrected chi connectivity index (χ2v) is 36.0. The largest absolute Gasteiger partial charge is 0.256 e.